The fraction of sp³-hybridized carbons (Fsp3) is 0.958. The van der Waals surface area contributed by atoms with Crippen molar-refractivity contribution in [2.45, 2.75) is 122 Å². The summed E-state index contributed by atoms with van der Waals surface area (Å²) in [6, 6.07) is 0. The molecule has 0 aliphatic carbocycles. The smallest absolute Gasteiger partial charge is 0.303 e. The molecule has 0 fully saturated rings. The average Bonchev–Trinajstić information content (AvgIpc) is 2.61. The summed E-state index contributed by atoms with van der Waals surface area (Å²) < 4.78 is 0.900. The minimum absolute atomic E-state index is 0.171. The van der Waals surface area contributed by atoms with Gasteiger partial charge in [-0.2, -0.15) is 0 Å². The Kier molecular flexibility index (Phi) is 18.0. The van der Waals surface area contributed by atoms with E-state index in [1.54, 1.807) is 0 Å². The number of nitrogens with zero attached hydrogens (tertiary/aromatic N) is 1. The Bertz CT molecular complexity index is 358. The number of aliphatic hydroxyl groups excluding tert-OH is 1. The lowest BCUT2D eigenvalue weighted by Crippen LogP contribution is -2.45. The largest absolute Gasteiger partial charge is 0.481 e. The van der Waals surface area contributed by atoms with E-state index in [1.807, 2.05) is 0 Å². The van der Waals surface area contributed by atoms with Crippen LogP contribution in [0, 0.1) is 0 Å². The number of hydrogen-bond acceptors (Lipinski definition) is 2. The minimum Gasteiger partial charge on any atom is -0.481 e. The van der Waals surface area contributed by atoms with E-state index in [0.29, 0.717) is 6.42 Å². The number of carboxylic acids is 1. The van der Waals surface area contributed by atoms with E-state index in [0.717, 1.165) is 49.7 Å². The van der Waals surface area contributed by atoms with E-state index in [9.17, 15) is 9.90 Å². The summed E-state index contributed by atoms with van der Waals surface area (Å²) >= 11 is 0. The van der Waals surface area contributed by atoms with Crippen molar-refractivity contribution in [3.05, 3.63) is 0 Å². The van der Waals surface area contributed by atoms with Crippen LogP contribution in [-0.4, -0.2) is 54.0 Å². The first kappa shape index (κ1) is 27.4. The molecule has 0 heterocycles. The van der Waals surface area contributed by atoms with Crippen LogP contribution in [0.4, 0.5) is 0 Å². The first-order chi connectivity index (χ1) is 13.4. The molecule has 0 aromatic carbocycles. The summed E-state index contributed by atoms with van der Waals surface area (Å²) in [4.78, 5) is 10.5. The summed E-state index contributed by atoms with van der Waals surface area (Å²) in [6.45, 7) is 4.23. The number of quaternary nitrogens is 1. The molecule has 0 spiro atoms. The lowest BCUT2D eigenvalue weighted by Gasteiger charge is -2.32. The van der Waals surface area contributed by atoms with Gasteiger partial charge in [0.25, 0.3) is 0 Å². The van der Waals surface area contributed by atoms with Crippen LogP contribution >= 0.6 is 0 Å². The van der Waals surface area contributed by atoms with Crippen molar-refractivity contribution in [3.8, 4) is 0 Å². The maximum Gasteiger partial charge on any atom is 0.303 e. The molecule has 168 valence electrons. The van der Waals surface area contributed by atoms with Gasteiger partial charge in [-0.3, -0.25) is 4.79 Å². The zero-order valence-corrected chi connectivity index (χ0v) is 19.3. The number of aliphatic carboxylic acids is 1. The highest BCUT2D eigenvalue weighted by molar-refractivity contribution is 5.66. The Morgan fingerprint density at radius 2 is 1.21 bits per heavy atom. The van der Waals surface area contributed by atoms with Crippen LogP contribution in [-0.2, 0) is 4.79 Å². The summed E-state index contributed by atoms with van der Waals surface area (Å²) in [7, 11) is 4.46. The lowest BCUT2D eigenvalue weighted by molar-refractivity contribution is -0.893. The molecule has 0 aromatic heterocycles. The van der Waals surface area contributed by atoms with Crippen molar-refractivity contribution < 1.29 is 19.5 Å². The zero-order chi connectivity index (χ0) is 21.1. The van der Waals surface area contributed by atoms with E-state index in [1.165, 1.54) is 70.6 Å². The minimum atomic E-state index is -0.681. The number of likely N-dealkylation sites (N-methyl/N-ethyl adjacent to an activating group) is 1. The Balaban J connectivity index is 3.53. The highest BCUT2D eigenvalue weighted by atomic mass is 16.4. The molecule has 0 aliphatic rings. The fourth-order valence-corrected chi connectivity index (χ4v) is 3.97. The fourth-order valence-electron chi connectivity index (χ4n) is 3.97. The van der Waals surface area contributed by atoms with E-state index < -0.39 is 5.97 Å². The third-order valence-corrected chi connectivity index (χ3v) is 5.75. The monoisotopic (exact) mass is 400 g/mol. The van der Waals surface area contributed by atoms with Crippen LogP contribution in [0.15, 0.2) is 0 Å². The molecule has 28 heavy (non-hydrogen) atoms. The SMILES string of the molecule is CCCCCCCCCCCC(O)C[N+](C)(C)CCCCCCCCC(=O)O. The molecule has 0 amide bonds. The third-order valence-electron chi connectivity index (χ3n) is 5.75. The predicted octanol–water partition coefficient (Wildman–Crippen LogP) is 6.16. The first-order valence-electron chi connectivity index (χ1n) is 12.1. The lowest BCUT2D eigenvalue weighted by atomic mass is 10.0. The van der Waals surface area contributed by atoms with Crippen molar-refractivity contribution in [2.24, 2.45) is 0 Å². The Morgan fingerprint density at radius 3 is 1.75 bits per heavy atom. The van der Waals surface area contributed by atoms with Gasteiger partial charge in [0.15, 0.2) is 0 Å². The van der Waals surface area contributed by atoms with Crippen molar-refractivity contribution in [3.63, 3.8) is 0 Å². The van der Waals surface area contributed by atoms with Gasteiger partial charge in [0.1, 0.15) is 12.6 Å². The zero-order valence-electron chi connectivity index (χ0n) is 19.3. The number of unbranched alkanes of at least 4 members (excludes halogenated alkanes) is 13. The molecule has 1 unspecified atom stereocenters. The molecule has 2 N–H and O–H groups in total. The van der Waals surface area contributed by atoms with Gasteiger partial charge in [0.2, 0.25) is 0 Å². The summed E-state index contributed by atoms with van der Waals surface area (Å²) in [5.41, 5.74) is 0. The summed E-state index contributed by atoms with van der Waals surface area (Å²) in [5, 5.41) is 19.0. The highest BCUT2D eigenvalue weighted by Crippen LogP contribution is 2.14. The molecule has 0 radical (unpaired) electrons. The van der Waals surface area contributed by atoms with Crippen molar-refractivity contribution in [2.75, 3.05) is 27.2 Å². The van der Waals surface area contributed by atoms with E-state index in [4.69, 9.17) is 5.11 Å². The maximum atomic E-state index is 10.5. The van der Waals surface area contributed by atoms with Crippen LogP contribution in [0.5, 0.6) is 0 Å². The molecule has 0 aliphatic heterocycles. The van der Waals surface area contributed by atoms with Gasteiger partial charge in [0.05, 0.1) is 20.6 Å². The molecule has 0 rings (SSSR count). The Hall–Kier alpha value is -0.610. The first-order valence-corrected chi connectivity index (χ1v) is 12.1. The van der Waals surface area contributed by atoms with Gasteiger partial charge in [-0.05, 0) is 25.7 Å². The Morgan fingerprint density at radius 1 is 0.750 bits per heavy atom. The predicted molar refractivity (Wildman–Crippen MR) is 120 cm³/mol. The van der Waals surface area contributed by atoms with Crippen molar-refractivity contribution in [1.29, 1.82) is 0 Å². The maximum absolute atomic E-state index is 10.5. The molecule has 1 atom stereocenters. The second-order valence-corrected chi connectivity index (χ2v) is 9.38. The quantitative estimate of drug-likeness (QED) is 0.179. The highest BCUT2D eigenvalue weighted by Gasteiger charge is 2.19. The molecule has 4 heteroatoms. The van der Waals surface area contributed by atoms with Gasteiger partial charge < -0.3 is 14.7 Å². The van der Waals surface area contributed by atoms with Gasteiger partial charge in [-0.1, -0.05) is 84.0 Å². The van der Waals surface area contributed by atoms with Crippen LogP contribution < -0.4 is 0 Å². The molecule has 0 aromatic rings. The van der Waals surface area contributed by atoms with Crippen LogP contribution in [0.2, 0.25) is 0 Å². The van der Waals surface area contributed by atoms with Crippen LogP contribution in [0.1, 0.15) is 116 Å². The second-order valence-electron chi connectivity index (χ2n) is 9.38. The number of hydrogen-bond donors (Lipinski definition) is 2. The van der Waals surface area contributed by atoms with Gasteiger partial charge in [-0.25, -0.2) is 0 Å². The van der Waals surface area contributed by atoms with Gasteiger partial charge in [-0.15, -0.1) is 0 Å². The molecular weight excluding hydrogens is 350 g/mol. The number of carbonyl (C=O) groups is 1. The average molecular weight is 401 g/mol. The van der Waals surface area contributed by atoms with E-state index >= 15 is 0 Å². The van der Waals surface area contributed by atoms with Crippen molar-refractivity contribution in [1.82, 2.24) is 0 Å². The van der Waals surface area contributed by atoms with Gasteiger partial charge in [0, 0.05) is 6.42 Å². The third kappa shape index (κ3) is 20.1. The molecule has 0 saturated carbocycles. The number of aliphatic hydroxyl groups is 1. The standard InChI is InChI=1S/C24H49NO3/c1-4-5-6-7-8-9-10-13-16-19-23(26)22-25(2,3)21-18-15-12-11-14-17-20-24(27)28/h23,26H,4-22H2,1-3H3/p+1. The molecule has 0 saturated heterocycles. The van der Waals surface area contributed by atoms with Gasteiger partial charge >= 0.3 is 5.97 Å². The van der Waals surface area contributed by atoms with Crippen LogP contribution in [0.3, 0.4) is 0 Å². The topological polar surface area (TPSA) is 57.5 Å². The van der Waals surface area contributed by atoms with E-state index in [-0.39, 0.29) is 6.10 Å². The number of carboxylic acid groups (broad SMARTS) is 1. The number of rotatable bonds is 21. The summed E-state index contributed by atoms with van der Waals surface area (Å²) in [5.74, 6) is -0.681. The summed E-state index contributed by atoms with van der Waals surface area (Å²) in [6.07, 6.45) is 19.6. The molecule has 4 nitrogen and oxygen atoms in total. The molecular formula is C24H50NO3+. The van der Waals surface area contributed by atoms with E-state index in [2.05, 4.69) is 21.0 Å². The van der Waals surface area contributed by atoms with Crippen LogP contribution in [0.25, 0.3) is 0 Å². The van der Waals surface area contributed by atoms with Crippen molar-refractivity contribution >= 4 is 5.97 Å². The molecule has 0 bridgehead atoms. The Labute approximate surface area is 175 Å². The normalized spacial score (nSPS) is 13.0. The second kappa shape index (κ2) is 18.4.